The molecule has 2 aromatic heterocycles. The number of anilines is 1. The summed E-state index contributed by atoms with van der Waals surface area (Å²) in [5, 5.41) is 4.20. The van der Waals surface area contributed by atoms with Gasteiger partial charge in [0.1, 0.15) is 12.1 Å². The Bertz CT molecular complexity index is 474. The predicted molar refractivity (Wildman–Crippen MR) is 57.7 cm³/mol. The van der Waals surface area contributed by atoms with Crippen molar-refractivity contribution in [3.05, 3.63) is 29.8 Å². The van der Waals surface area contributed by atoms with Gasteiger partial charge < -0.3 is 5.73 Å². The Morgan fingerprint density at radius 3 is 2.80 bits per heavy atom. The molecule has 0 bridgehead atoms. The van der Waals surface area contributed by atoms with Crippen LogP contribution < -0.4 is 5.73 Å². The topological polar surface area (TPSA) is 69.6 Å². The Morgan fingerprint density at radius 2 is 2.13 bits per heavy atom. The Balaban J connectivity index is 2.53. The third kappa shape index (κ3) is 1.81. The lowest BCUT2D eigenvalue weighted by molar-refractivity contribution is 0.785. The van der Waals surface area contributed by atoms with E-state index in [1.165, 1.54) is 6.33 Å². The lowest BCUT2D eigenvalue weighted by Gasteiger charge is -2.04. The van der Waals surface area contributed by atoms with Crippen molar-refractivity contribution in [3.8, 4) is 5.82 Å². The molecule has 2 N–H and O–H groups in total. The molecule has 0 atom stereocenters. The van der Waals surface area contributed by atoms with Crippen LogP contribution in [0.1, 0.15) is 18.3 Å². The number of hydrogen-bond acceptors (Lipinski definition) is 4. The van der Waals surface area contributed by atoms with E-state index >= 15 is 0 Å². The van der Waals surface area contributed by atoms with Crippen molar-refractivity contribution in [1.29, 1.82) is 0 Å². The Morgan fingerprint density at radius 1 is 1.33 bits per heavy atom. The summed E-state index contributed by atoms with van der Waals surface area (Å²) in [6, 6.07) is 3.74. The van der Waals surface area contributed by atoms with E-state index in [4.69, 9.17) is 5.73 Å². The van der Waals surface area contributed by atoms with Crippen molar-refractivity contribution in [2.75, 3.05) is 5.73 Å². The van der Waals surface area contributed by atoms with Crippen molar-refractivity contribution in [2.24, 2.45) is 0 Å². The molecule has 2 rings (SSSR count). The maximum absolute atomic E-state index is 5.66. The Labute approximate surface area is 88.0 Å². The van der Waals surface area contributed by atoms with Gasteiger partial charge in [0.05, 0.1) is 0 Å². The highest BCUT2D eigenvalue weighted by Gasteiger charge is 2.07. The number of aryl methyl sites for hydroxylation is 2. The molecule has 0 saturated carbocycles. The number of hydrogen-bond donors (Lipinski definition) is 1. The molecule has 0 aliphatic carbocycles. The van der Waals surface area contributed by atoms with Crippen LogP contribution in [0.5, 0.6) is 0 Å². The van der Waals surface area contributed by atoms with Crippen LogP contribution in [0.15, 0.2) is 18.5 Å². The lowest BCUT2D eigenvalue weighted by atomic mass is 10.3. The predicted octanol–water partition coefficient (Wildman–Crippen LogP) is 1.12. The molecule has 0 aliphatic heterocycles. The second-order valence-electron chi connectivity index (χ2n) is 3.34. The second-order valence-corrected chi connectivity index (χ2v) is 3.34. The molecule has 2 heterocycles. The SMILES string of the molecule is CCc1cc(N)nn1-c1cc(C)ncn1. The molecule has 0 unspecified atom stereocenters. The normalized spacial score (nSPS) is 10.5. The summed E-state index contributed by atoms with van der Waals surface area (Å²) < 4.78 is 1.75. The molecule has 0 spiro atoms. The average molecular weight is 203 g/mol. The van der Waals surface area contributed by atoms with Crippen LogP contribution in [-0.2, 0) is 6.42 Å². The highest BCUT2D eigenvalue weighted by Crippen LogP contribution is 2.12. The van der Waals surface area contributed by atoms with Crippen LogP contribution in [-0.4, -0.2) is 19.7 Å². The van der Waals surface area contributed by atoms with Gasteiger partial charge in [0.15, 0.2) is 5.82 Å². The van der Waals surface area contributed by atoms with Crippen molar-refractivity contribution in [1.82, 2.24) is 19.7 Å². The van der Waals surface area contributed by atoms with Gasteiger partial charge in [0.25, 0.3) is 0 Å². The van der Waals surface area contributed by atoms with Crippen LogP contribution in [0.4, 0.5) is 5.82 Å². The van der Waals surface area contributed by atoms with Gasteiger partial charge in [-0.15, -0.1) is 5.10 Å². The molecule has 78 valence electrons. The Hall–Kier alpha value is -1.91. The van der Waals surface area contributed by atoms with Crippen molar-refractivity contribution < 1.29 is 0 Å². The van der Waals surface area contributed by atoms with E-state index < -0.39 is 0 Å². The molecule has 0 amide bonds. The first-order chi connectivity index (χ1) is 7.20. The molecule has 0 saturated heterocycles. The minimum atomic E-state index is 0.517. The first-order valence-electron chi connectivity index (χ1n) is 4.84. The summed E-state index contributed by atoms with van der Waals surface area (Å²) in [5.41, 5.74) is 7.61. The van der Waals surface area contributed by atoms with E-state index in [9.17, 15) is 0 Å². The molecular weight excluding hydrogens is 190 g/mol. The van der Waals surface area contributed by atoms with Crippen molar-refractivity contribution >= 4 is 5.82 Å². The van der Waals surface area contributed by atoms with E-state index in [2.05, 4.69) is 22.0 Å². The second kappa shape index (κ2) is 3.68. The highest BCUT2D eigenvalue weighted by atomic mass is 15.3. The molecular formula is C10H13N5. The summed E-state index contributed by atoms with van der Waals surface area (Å²) in [6.45, 7) is 3.98. The number of nitrogens with two attached hydrogens (primary N) is 1. The molecule has 0 aliphatic rings. The third-order valence-electron chi connectivity index (χ3n) is 2.17. The van der Waals surface area contributed by atoms with Gasteiger partial charge >= 0.3 is 0 Å². The summed E-state index contributed by atoms with van der Waals surface area (Å²) in [4.78, 5) is 8.21. The van der Waals surface area contributed by atoms with E-state index in [0.717, 1.165) is 23.6 Å². The standard InChI is InChI=1S/C10H13N5/c1-3-8-5-9(11)14-15(8)10-4-7(2)12-6-13-10/h4-6H,3H2,1-2H3,(H2,11,14). The summed E-state index contributed by atoms with van der Waals surface area (Å²) >= 11 is 0. The molecule has 5 heteroatoms. The van der Waals surface area contributed by atoms with E-state index in [-0.39, 0.29) is 0 Å². The van der Waals surface area contributed by atoms with Gasteiger partial charge in [-0.3, -0.25) is 0 Å². The fourth-order valence-corrected chi connectivity index (χ4v) is 1.45. The monoisotopic (exact) mass is 203 g/mol. The van der Waals surface area contributed by atoms with Gasteiger partial charge in [0.2, 0.25) is 0 Å². The minimum absolute atomic E-state index is 0.517. The van der Waals surface area contributed by atoms with Gasteiger partial charge in [0, 0.05) is 23.5 Å². The van der Waals surface area contributed by atoms with Gasteiger partial charge in [-0.25, -0.2) is 14.6 Å². The van der Waals surface area contributed by atoms with Crippen LogP contribution in [0.2, 0.25) is 0 Å². The summed E-state index contributed by atoms with van der Waals surface area (Å²) in [7, 11) is 0. The highest BCUT2D eigenvalue weighted by molar-refractivity contribution is 5.35. The Kier molecular flexibility index (Phi) is 2.37. The zero-order chi connectivity index (χ0) is 10.8. The number of rotatable bonds is 2. The molecule has 0 aromatic carbocycles. The zero-order valence-corrected chi connectivity index (χ0v) is 8.81. The smallest absolute Gasteiger partial charge is 0.157 e. The fourth-order valence-electron chi connectivity index (χ4n) is 1.45. The van der Waals surface area contributed by atoms with Gasteiger partial charge in [-0.2, -0.15) is 0 Å². The largest absolute Gasteiger partial charge is 0.382 e. The molecule has 15 heavy (non-hydrogen) atoms. The molecule has 0 fully saturated rings. The summed E-state index contributed by atoms with van der Waals surface area (Å²) in [5.74, 6) is 1.28. The van der Waals surface area contributed by atoms with Crippen LogP contribution >= 0.6 is 0 Å². The number of aromatic nitrogens is 4. The zero-order valence-electron chi connectivity index (χ0n) is 8.81. The van der Waals surface area contributed by atoms with E-state index in [0.29, 0.717) is 5.82 Å². The van der Waals surface area contributed by atoms with Crippen molar-refractivity contribution in [3.63, 3.8) is 0 Å². The van der Waals surface area contributed by atoms with Gasteiger partial charge in [-0.05, 0) is 13.3 Å². The van der Waals surface area contributed by atoms with Crippen LogP contribution in [0.3, 0.4) is 0 Å². The van der Waals surface area contributed by atoms with Gasteiger partial charge in [-0.1, -0.05) is 6.92 Å². The molecule has 2 aromatic rings. The van der Waals surface area contributed by atoms with Crippen LogP contribution in [0.25, 0.3) is 5.82 Å². The number of nitrogens with zero attached hydrogens (tertiary/aromatic N) is 4. The lowest BCUT2D eigenvalue weighted by Crippen LogP contribution is -2.04. The molecule has 0 radical (unpaired) electrons. The molecule has 5 nitrogen and oxygen atoms in total. The first-order valence-corrected chi connectivity index (χ1v) is 4.84. The van der Waals surface area contributed by atoms with Crippen molar-refractivity contribution in [2.45, 2.75) is 20.3 Å². The van der Waals surface area contributed by atoms with Crippen LogP contribution in [0, 0.1) is 6.92 Å². The minimum Gasteiger partial charge on any atom is -0.382 e. The van der Waals surface area contributed by atoms with E-state index in [1.807, 2.05) is 19.1 Å². The average Bonchev–Trinajstić information content (AvgIpc) is 2.59. The maximum Gasteiger partial charge on any atom is 0.157 e. The quantitative estimate of drug-likeness (QED) is 0.793. The first kappa shape index (κ1) is 9.64. The fraction of sp³-hybridized carbons (Fsp3) is 0.300. The maximum atomic E-state index is 5.66. The van der Waals surface area contributed by atoms with E-state index in [1.54, 1.807) is 4.68 Å². The summed E-state index contributed by atoms with van der Waals surface area (Å²) in [6.07, 6.45) is 2.40. The third-order valence-corrected chi connectivity index (χ3v) is 2.17. The number of nitrogen functional groups attached to an aromatic ring is 1.